The normalized spacial score (nSPS) is 14.4. The number of carboxylic acids is 1. The Morgan fingerprint density at radius 3 is 2.64 bits per heavy atom. The number of rotatable bonds is 10. The van der Waals surface area contributed by atoms with Crippen LogP contribution in [0.5, 0.6) is 11.6 Å². The molecule has 8 nitrogen and oxygen atoms in total. The standard InChI is InChI=1S/C28H27Cl2FN4O4/c1-27(2,26(36)37)10-11-38-18-5-6-19(20(30)13-18)23-34-22-24(32-15-33-25(22)39-28(3)8-9-28)35(23)14-16-12-17(29)4-7-21(16)31/h4-7,12-13,15H,8-11,14H2,1-3H3,(H,36,37). The zero-order chi connectivity index (χ0) is 27.9. The van der Waals surface area contributed by atoms with Crippen molar-refractivity contribution in [3.8, 4) is 23.0 Å². The molecule has 1 fully saturated rings. The first-order chi connectivity index (χ1) is 18.5. The van der Waals surface area contributed by atoms with Crippen molar-refractivity contribution < 1.29 is 23.8 Å². The van der Waals surface area contributed by atoms with Gasteiger partial charge in [0.05, 0.1) is 23.6 Å². The fourth-order valence-corrected chi connectivity index (χ4v) is 4.44. The van der Waals surface area contributed by atoms with E-state index in [1.807, 2.05) is 6.92 Å². The van der Waals surface area contributed by atoms with Crippen LogP contribution in [0.1, 0.15) is 45.6 Å². The van der Waals surface area contributed by atoms with Gasteiger partial charge in [0.1, 0.15) is 29.3 Å². The summed E-state index contributed by atoms with van der Waals surface area (Å²) in [6.07, 6.45) is 3.55. The molecule has 0 unspecified atom stereocenters. The molecule has 0 spiro atoms. The van der Waals surface area contributed by atoms with Crippen molar-refractivity contribution in [1.82, 2.24) is 19.5 Å². The number of fused-ring (bicyclic) bond motifs is 1. The highest BCUT2D eigenvalue weighted by Gasteiger charge is 2.41. The number of hydrogen-bond acceptors (Lipinski definition) is 6. The minimum atomic E-state index is -0.914. The summed E-state index contributed by atoms with van der Waals surface area (Å²) in [6, 6.07) is 9.49. The van der Waals surface area contributed by atoms with E-state index >= 15 is 0 Å². The molecule has 2 aromatic carbocycles. The molecule has 204 valence electrons. The van der Waals surface area contributed by atoms with Crippen molar-refractivity contribution in [2.24, 2.45) is 5.41 Å². The number of nitrogens with zero attached hydrogens (tertiary/aromatic N) is 4. The fourth-order valence-electron chi connectivity index (χ4n) is 3.99. The number of imidazole rings is 1. The number of benzene rings is 2. The lowest BCUT2D eigenvalue weighted by atomic mass is 9.90. The van der Waals surface area contributed by atoms with Gasteiger partial charge < -0.3 is 19.1 Å². The van der Waals surface area contributed by atoms with Crippen LogP contribution in [0.25, 0.3) is 22.6 Å². The van der Waals surface area contributed by atoms with E-state index in [0.717, 1.165) is 12.8 Å². The molecule has 0 aliphatic heterocycles. The van der Waals surface area contributed by atoms with Gasteiger partial charge >= 0.3 is 5.97 Å². The van der Waals surface area contributed by atoms with E-state index in [2.05, 4.69) is 9.97 Å². The first-order valence-corrected chi connectivity index (χ1v) is 13.2. The Bertz CT molecular complexity index is 1570. The van der Waals surface area contributed by atoms with Crippen molar-refractivity contribution in [2.75, 3.05) is 6.61 Å². The highest BCUT2D eigenvalue weighted by molar-refractivity contribution is 6.33. The topological polar surface area (TPSA) is 99.4 Å². The number of carboxylic acid groups (broad SMARTS) is 1. The number of halogens is 3. The van der Waals surface area contributed by atoms with Crippen LogP contribution in [0, 0.1) is 11.2 Å². The second-order valence-electron chi connectivity index (χ2n) is 10.6. The van der Waals surface area contributed by atoms with Crippen LogP contribution in [0.2, 0.25) is 10.0 Å². The third kappa shape index (κ3) is 5.79. The zero-order valence-corrected chi connectivity index (χ0v) is 23.2. The molecule has 11 heteroatoms. The van der Waals surface area contributed by atoms with Gasteiger partial charge in [-0.2, -0.15) is 4.98 Å². The van der Waals surface area contributed by atoms with Gasteiger partial charge in [-0.3, -0.25) is 4.79 Å². The summed E-state index contributed by atoms with van der Waals surface area (Å²) in [4.78, 5) is 25.0. The maximum atomic E-state index is 14.8. The Hall–Kier alpha value is -3.43. The molecule has 2 aromatic heterocycles. The summed E-state index contributed by atoms with van der Waals surface area (Å²) in [5.41, 5.74) is 0.620. The highest BCUT2D eigenvalue weighted by atomic mass is 35.5. The number of aliphatic carboxylic acids is 1. The highest BCUT2D eigenvalue weighted by Crippen LogP contribution is 2.41. The van der Waals surface area contributed by atoms with E-state index in [1.54, 1.807) is 42.7 Å². The van der Waals surface area contributed by atoms with Crippen LogP contribution in [0.15, 0.2) is 42.7 Å². The molecule has 1 saturated carbocycles. The third-order valence-electron chi connectivity index (χ3n) is 6.89. The van der Waals surface area contributed by atoms with Gasteiger partial charge in [0.25, 0.3) is 0 Å². The summed E-state index contributed by atoms with van der Waals surface area (Å²) in [5, 5.41) is 10.1. The van der Waals surface area contributed by atoms with Gasteiger partial charge in [-0.15, -0.1) is 0 Å². The molecular weight excluding hydrogens is 546 g/mol. The lowest BCUT2D eigenvalue weighted by molar-refractivity contribution is -0.147. The van der Waals surface area contributed by atoms with Crippen LogP contribution >= 0.6 is 23.2 Å². The van der Waals surface area contributed by atoms with Crippen LogP contribution in [-0.2, 0) is 11.3 Å². The summed E-state index contributed by atoms with van der Waals surface area (Å²) in [5.74, 6) is -0.0270. The monoisotopic (exact) mass is 572 g/mol. The van der Waals surface area contributed by atoms with Gasteiger partial charge in [-0.25, -0.2) is 14.4 Å². The first kappa shape index (κ1) is 27.1. The van der Waals surface area contributed by atoms with E-state index in [0.29, 0.717) is 56.2 Å². The molecule has 4 aromatic rings. The summed E-state index contributed by atoms with van der Waals surface area (Å²) in [6.45, 7) is 5.59. The van der Waals surface area contributed by atoms with Crippen molar-refractivity contribution in [2.45, 2.75) is 52.2 Å². The number of ether oxygens (including phenoxy) is 2. The first-order valence-electron chi connectivity index (χ1n) is 12.5. The van der Waals surface area contributed by atoms with Gasteiger partial charge in [0.15, 0.2) is 11.2 Å². The van der Waals surface area contributed by atoms with Crippen LogP contribution < -0.4 is 9.47 Å². The maximum Gasteiger partial charge on any atom is 0.309 e. The Labute approximate surface area is 234 Å². The largest absolute Gasteiger partial charge is 0.494 e. The molecule has 0 radical (unpaired) electrons. The molecular formula is C28H27Cl2FN4O4. The van der Waals surface area contributed by atoms with Crippen molar-refractivity contribution >= 4 is 40.3 Å². The second-order valence-corrected chi connectivity index (χ2v) is 11.4. The van der Waals surface area contributed by atoms with Gasteiger partial charge in [0.2, 0.25) is 5.88 Å². The smallest absolute Gasteiger partial charge is 0.309 e. The fraction of sp³-hybridized carbons (Fsp3) is 0.357. The molecule has 0 amide bonds. The molecule has 1 aliphatic rings. The summed E-state index contributed by atoms with van der Waals surface area (Å²) >= 11 is 12.9. The van der Waals surface area contributed by atoms with E-state index < -0.39 is 17.2 Å². The molecule has 1 N–H and O–H groups in total. The van der Waals surface area contributed by atoms with Crippen LogP contribution in [0.3, 0.4) is 0 Å². The molecule has 0 bridgehead atoms. The van der Waals surface area contributed by atoms with E-state index in [-0.39, 0.29) is 18.8 Å². The number of carbonyl (C=O) groups is 1. The molecule has 0 atom stereocenters. The average Bonchev–Trinajstić information content (AvgIpc) is 3.49. The Kier molecular flexibility index (Phi) is 7.15. The van der Waals surface area contributed by atoms with Gasteiger partial charge in [-0.05, 0) is 76.4 Å². The molecule has 1 aliphatic carbocycles. The van der Waals surface area contributed by atoms with Crippen LogP contribution in [0.4, 0.5) is 4.39 Å². The molecule has 5 rings (SSSR count). The quantitative estimate of drug-likeness (QED) is 0.223. The molecule has 2 heterocycles. The Morgan fingerprint density at radius 2 is 1.95 bits per heavy atom. The van der Waals surface area contributed by atoms with E-state index in [1.165, 1.54) is 18.5 Å². The average molecular weight is 573 g/mol. The number of hydrogen-bond donors (Lipinski definition) is 1. The minimum absolute atomic E-state index is 0.0881. The predicted octanol–water partition coefficient (Wildman–Crippen LogP) is 6.80. The second kappa shape index (κ2) is 10.3. The van der Waals surface area contributed by atoms with Crippen molar-refractivity contribution in [3.05, 3.63) is 64.2 Å². The third-order valence-corrected chi connectivity index (χ3v) is 7.44. The molecule has 0 saturated heterocycles. The van der Waals surface area contributed by atoms with E-state index in [9.17, 15) is 14.3 Å². The minimum Gasteiger partial charge on any atom is -0.494 e. The van der Waals surface area contributed by atoms with Gasteiger partial charge in [0, 0.05) is 16.1 Å². The summed E-state index contributed by atoms with van der Waals surface area (Å²) in [7, 11) is 0. The zero-order valence-electron chi connectivity index (χ0n) is 21.7. The van der Waals surface area contributed by atoms with Crippen molar-refractivity contribution in [1.29, 1.82) is 0 Å². The van der Waals surface area contributed by atoms with Crippen molar-refractivity contribution in [3.63, 3.8) is 0 Å². The SMILES string of the molecule is CC1(Oc2ncnc3c2nc(-c2ccc(OCCC(C)(C)C(=O)O)cc2Cl)n3Cc2cc(Cl)ccc2F)CC1. The summed E-state index contributed by atoms with van der Waals surface area (Å²) < 4.78 is 28.4. The lowest BCUT2D eigenvalue weighted by Crippen LogP contribution is -2.25. The number of aromatic nitrogens is 4. The van der Waals surface area contributed by atoms with Gasteiger partial charge in [-0.1, -0.05) is 23.2 Å². The van der Waals surface area contributed by atoms with Crippen LogP contribution in [-0.4, -0.2) is 42.8 Å². The Balaban J connectivity index is 1.53. The Morgan fingerprint density at radius 1 is 1.18 bits per heavy atom. The maximum absolute atomic E-state index is 14.8. The lowest BCUT2D eigenvalue weighted by Gasteiger charge is -2.19. The molecule has 39 heavy (non-hydrogen) atoms. The van der Waals surface area contributed by atoms with E-state index in [4.69, 9.17) is 37.7 Å². The predicted molar refractivity (Wildman–Crippen MR) is 146 cm³/mol.